The Balaban J connectivity index is 1.46. The second-order valence-electron chi connectivity index (χ2n) is 8.97. The van der Waals surface area contributed by atoms with Gasteiger partial charge in [0, 0.05) is 6.54 Å². The Hall–Kier alpha value is -4.26. The van der Waals surface area contributed by atoms with Crippen molar-refractivity contribution < 1.29 is 23.4 Å². The van der Waals surface area contributed by atoms with Crippen molar-refractivity contribution in [3.63, 3.8) is 0 Å². The number of benzene rings is 3. The van der Waals surface area contributed by atoms with Crippen LogP contribution in [0, 0.1) is 0 Å². The Kier molecular flexibility index (Phi) is 5.60. The van der Waals surface area contributed by atoms with E-state index in [-0.39, 0.29) is 30.4 Å². The van der Waals surface area contributed by atoms with E-state index in [0.717, 1.165) is 24.0 Å². The maximum absolute atomic E-state index is 13.7. The molecule has 1 atom stereocenters. The molecule has 0 radical (unpaired) electrons. The first-order chi connectivity index (χ1) is 17.6. The summed E-state index contributed by atoms with van der Waals surface area (Å²) < 4.78 is 22.9. The molecule has 3 heterocycles. The number of hydrogen-bond acceptors (Lipinski definition) is 6. The van der Waals surface area contributed by atoms with Crippen molar-refractivity contribution in [3.8, 4) is 17.2 Å². The van der Waals surface area contributed by atoms with Gasteiger partial charge in [0.15, 0.2) is 16.9 Å². The summed E-state index contributed by atoms with van der Waals surface area (Å²) >= 11 is 0. The van der Waals surface area contributed by atoms with Gasteiger partial charge in [-0.15, -0.1) is 0 Å². The standard InChI is InChI=1S/C29H25NO6/c1-2-3-13-33-20-8-6-7-19(15-20)26-25-27(31)21-9-4-5-10-22(21)36-28(25)29(32)30(26)16-18-11-12-23-24(14-18)35-17-34-23/h4-12,14-15,26H,2-3,13,16-17H2,1H3/t26-/m1/s1. The second-order valence-corrected chi connectivity index (χ2v) is 8.97. The van der Waals surface area contributed by atoms with Crippen molar-refractivity contribution in [2.75, 3.05) is 13.4 Å². The zero-order chi connectivity index (χ0) is 24.6. The van der Waals surface area contributed by atoms with Crippen LogP contribution < -0.4 is 19.6 Å². The number of ether oxygens (including phenoxy) is 3. The molecule has 182 valence electrons. The fourth-order valence-corrected chi connectivity index (χ4v) is 4.82. The minimum Gasteiger partial charge on any atom is -0.494 e. The Morgan fingerprint density at radius 3 is 2.72 bits per heavy atom. The van der Waals surface area contributed by atoms with Crippen LogP contribution in [0.25, 0.3) is 11.0 Å². The highest BCUT2D eigenvalue weighted by molar-refractivity contribution is 5.99. The quantitative estimate of drug-likeness (QED) is 0.326. The van der Waals surface area contributed by atoms with Gasteiger partial charge >= 0.3 is 0 Å². The van der Waals surface area contributed by atoms with Crippen LogP contribution in [0.3, 0.4) is 0 Å². The van der Waals surface area contributed by atoms with Gasteiger partial charge in [0.05, 0.1) is 23.6 Å². The number of fused-ring (bicyclic) bond motifs is 3. The van der Waals surface area contributed by atoms with E-state index in [4.69, 9.17) is 18.6 Å². The zero-order valence-electron chi connectivity index (χ0n) is 19.9. The molecule has 36 heavy (non-hydrogen) atoms. The molecule has 0 fully saturated rings. The first-order valence-electron chi connectivity index (χ1n) is 12.1. The van der Waals surface area contributed by atoms with Crippen molar-refractivity contribution in [2.45, 2.75) is 32.4 Å². The number of unbranched alkanes of at least 4 members (excludes halogenated alkanes) is 1. The fourth-order valence-electron chi connectivity index (χ4n) is 4.82. The topological polar surface area (TPSA) is 78.2 Å². The predicted molar refractivity (Wildman–Crippen MR) is 134 cm³/mol. The average molecular weight is 484 g/mol. The number of rotatable bonds is 7. The van der Waals surface area contributed by atoms with E-state index in [1.165, 1.54) is 0 Å². The minimum absolute atomic E-state index is 0.0850. The molecule has 2 aliphatic heterocycles. The summed E-state index contributed by atoms with van der Waals surface area (Å²) in [6.07, 6.45) is 1.97. The third-order valence-electron chi connectivity index (χ3n) is 6.60. The fraction of sp³-hybridized carbons (Fsp3) is 0.241. The largest absolute Gasteiger partial charge is 0.494 e. The molecule has 0 unspecified atom stereocenters. The van der Waals surface area contributed by atoms with Crippen molar-refractivity contribution in [1.82, 2.24) is 4.90 Å². The molecule has 0 bridgehead atoms. The summed E-state index contributed by atoms with van der Waals surface area (Å²) in [6.45, 7) is 3.15. The summed E-state index contributed by atoms with van der Waals surface area (Å²) in [5.41, 5.74) is 2.20. The van der Waals surface area contributed by atoms with Gasteiger partial charge in [0.25, 0.3) is 5.91 Å². The summed E-state index contributed by atoms with van der Waals surface area (Å²) in [7, 11) is 0. The van der Waals surface area contributed by atoms with Crippen LogP contribution >= 0.6 is 0 Å². The molecular formula is C29H25NO6. The lowest BCUT2D eigenvalue weighted by Crippen LogP contribution is -2.29. The van der Waals surface area contributed by atoms with E-state index < -0.39 is 6.04 Å². The van der Waals surface area contributed by atoms with Crippen molar-refractivity contribution in [1.29, 1.82) is 0 Å². The highest BCUT2D eigenvalue weighted by atomic mass is 16.7. The predicted octanol–water partition coefficient (Wildman–Crippen LogP) is 5.45. The molecule has 7 heteroatoms. The van der Waals surface area contributed by atoms with E-state index in [2.05, 4.69) is 6.92 Å². The van der Waals surface area contributed by atoms with Crippen LogP contribution in [0.15, 0.2) is 75.9 Å². The summed E-state index contributed by atoms with van der Waals surface area (Å²) in [5, 5.41) is 0.453. The molecule has 7 nitrogen and oxygen atoms in total. The van der Waals surface area contributed by atoms with Crippen LogP contribution in [0.2, 0.25) is 0 Å². The highest BCUT2D eigenvalue weighted by Gasteiger charge is 2.43. The lowest BCUT2D eigenvalue weighted by Gasteiger charge is -2.25. The van der Waals surface area contributed by atoms with Crippen molar-refractivity contribution in [3.05, 3.63) is 99.4 Å². The van der Waals surface area contributed by atoms with Gasteiger partial charge in [-0.1, -0.05) is 43.7 Å². The number of hydrogen-bond donors (Lipinski definition) is 0. The Labute approximate surface area is 207 Å². The lowest BCUT2D eigenvalue weighted by molar-refractivity contribution is 0.0714. The summed E-state index contributed by atoms with van der Waals surface area (Å²) in [5.74, 6) is 1.77. The average Bonchev–Trinajstić information content (AvgIpc) is 3.47. The van der Waals surface area contributed by atoms with E-state index >= 15 is 0 Å². The Morgan fingerprint density at radius 1 is 0.972 bits per heavy atom. The summed E-state index contributed by atoms with van der Waals surface area (Å²) in [6, 6.07) is 19.6. The molecule has 6 rings (SSSR count). The lowest BCUT2D eigenvalue weighted by atomic mass is 9.98. The highest BCUT2D eigenvalue weighted by Crippen LogP contribution is 2.41. The number of amides is 1. The van der Waals surface area contributed by atoms with Gasteiger partial charge < -0.3 is 23.5 Å². The number of para-hydroxylation sites is 1. The monoisotopic (exact) mass is 483 g/mol. The van der Waals surface area contributed by atoms with Gasteiger partial charge in [-0.05, 0) is 53.9 Å². The van der Waals surface area contributed by atoms with E-state index in [1.807, 2.05) is 42.5 Å². The van der Waals surface area contributed by atoms with Gasteiger partial charge in [-0.25, -0.2) is 0 Å². The maximum atomic E-state index is 13.7. The summed E-state index contributed by atoms with van der Waals surface area (Å²) in [4.78, 5) is 29.1. The van der Waals surface area contributed by atoms with Gasteiger partial charge in [0.2, 0.25) is 12.6 Å². The Bertz CT molecular complexity index is 1520. The molecule has 1 amide bonds. The minimum atomic E-state index is -0.617. The smallest absolute Gasteiger partial charge is 0.291 e. The van der Waals surface area contributed by atoms with E-state index in [0.29, 0.717) is 40.4 Å². The Morgan fingerprint density at radius 2 is 1.83 bits per heavy atom. The molecule has 1 aromatic heterocycles. The number of carbonyl (C=O) groups is 1. The molecule has 0 saturated heterocycles. The van der Waals surface area contributed by atoms with E-state index in [9.17, 15) is 9.59 Å². The maximum Gasteiger partial charge on any atom is 0.291 e. The van der Waals surface area contributed by atoms with Crippen LogP contribution in [0.5, 0.6) is 17.2 Å². The molecular weight excluding hydrogens is 458 g/mol. The molecule has 0 aliphatic carbocycles. The molecule has 3 aromatic carbocycles. The first kappa shape index (κ1) is 22.2. The van der Waals surface area contributed by atoms with E-state index in [1.54, 1.807) is 29.2 Å². The first-order valence-corrected chi connectivity index (χ1v) is 12.1. The molecule has 2 aliphatic rings. The van der Waals surface area contributed by atoms with Crippen molar-refractivity contribution in [2.24, 2.45) is 0 Å². The SMILES string of the molecule is CCCCOc1cccc([C@@H]2c3c(oc4ccccc4c3=O)C(=O)N2Cc2ccc3c(c2)OCO3)c1. The van der Waals surface area contributed by atoms with Crippen LogP contribution in [-0.2, 0) is 6.54 Å². The number of carbonyl (C=O) groups excluding carboxylic acids is 1. The molecule has 4 aromatic rings. The van der Waals surface area contributed by atoms with Crippen LogP contribution in [0.1, 0.15) is 53.1 Å². The third-order valence-corrected chi connectivity index (χ3v) is 6.60. The van der Waals surface area contributed by atoms with Crippen molar-refractivity contribution >= 4 is 16.9 Å². The van der Waals surface area contributed by atoms with Crippen LogP contribution in [0.4, 0.5) is 0 Å². The van der Waals surface area contributed by atoms with Gasteiger partial charge in [-0.3, -0.25) is 9.59 Å². The third kappa shape index (κ3) is 3.77. The van der Waals surface area contributed by atoms with Gasteiger partial charge in [0.1, 0.15) is 11.3 Å². The number of nitrogens with zero attached hydrogens (tertiary/aromatic N) is 1. The normalized spacial score (nSPS) is 16.0. The molecule has 0 saturated carbocycles. The van der Waals surface area contributed by atoms with Crippen LogP contribution in [-0.4, -0.2) is 24.2 Å². The van der Waals surface area contributed by atoms with Gasteiger partial charge in [-0.2, -0.15) is 0 Å². The second kappa shape index (κ2) is 9.07. The molecule has 0 spiro atoms. The molecule has 0 N–H and O–H groups in total. The zero-order valence-corrected chi connectivity index (χ0v) is 19.9.